The van der Waals surface area contributed by atoms with Gasteiger partial charge >= 0.3 is 5.69 Å². The summed E-state index contributed by atoms with van der Waals surface area (Å²) in [6.45, 7) is 0. The van der Waals surface area contributed by atoms with Crippen LogP contribution in [0.25, 0.3) is 5.00 Å². The maximum absolute atomic E-state index is 11.4. The number of imidazole rings is 1. The predicted molar refractivity (Wildman–Crippen MR) is 61.2 cm³/mol. The first-order chi connectivity index (χ1) is 7.89. The molecule has 2 rings (SSSR count). The average Bonchev–Trinajstić information content (AvgIpc) is 2.85. The molecule has 2 heterocycles. The number of nitrogens with zero attached hydrogens (tertiary/aromatic N) is 3. The van der Waals surface area contributed by atoms with Gasteiger partial charge in [-0.1, -0.05) is 11.3 Å². The first-order valence-corrected chi connectivity index (χ1v) is 7.07. The topological polar surface area (TPSA) is 95.1 Å². The van der Waals surface area contributed by atoms with Crippen LogP contribution in [0.3, 0.4) is 0 Å². The first kappa shape index (κ1) is 11.7. The Labute approximate surface area is 100 Å². The molecular weight excluding hydrogens is 266 g/mol. The summed E-state index contributed by atoms with van der Waals surface area (Å²) in [4.78, 5) is 14.0. The van der Waals surface area contributed by atoms with E-state index < -0.39 is 14.8 Å². The first-order valence-electron chi connectivity index (χ1n) is 4.36. The Bertz CT molecular complexity index is 657. The zero-order valence-corrected chi connectivity index (χ0v) is 10.2. The van der Waals surface area contributed by atoms with E-state index in [0.717, 1.165) is 23.7 Å². The molecule has 7 nitrogen and oxygen atoms in total. The van der Waals surface area contributed by atoms with Crippen LogP contribution in [0.5, 0.6) is 0 Å². The predicted octanol–water partition coefficient (Wildman–Crippen LogP) is 1.25. The van der Waals surface area contributed by atoms with E-state index in [9.17, 15) is 18.5 Å². The van der Waals surface area contributed by atoms with Crippen LogP contribution in [0.4, 0.5) is 5.69 Å². The fourth-order valence-electron chi connectivity index (χ4n) is 1.23. The summed E-state index contributed by atoms with van der Waals surface area (Å²) in [5, 5.41) is 11.1. The Morgan fingerprint density at radius 3 is 2.71 bits per heavy atom. The molecule has 2 aromatic heterocycles. The lowest BCUT2D eigenvalue weighted by Gasteiger charge is -1.95. The molecule has 0 unspecified atom stereocenters. The summed E-state index contributed by atoms with van der Waals surface area (Å²) in [7, 11) is -3.45. The summed E-state index contributed by atoms with van der Waals surface area (Å²) in [5.74, 6) is 0. The van der Waals surface area contributed by atoms with Gasteiger partial charge in [0, 0.05) is 24.7 Å². The van der Waals surface area contributed by atoms with Gasteiger partial charge in [-0.2, -0.15) is 0 Å². The number of rotatable bonds is 3. The van der Waals surface area contributed by atoms with Crippen molar-refractivity contribution in [2.24, 2.45) is 0 Å². The smallest absolute Gasteiger partial charge is 0.292 e. The van der Waals surface area contributed by atoms with Crippen LogP contribution < -0.4 is 0 Å². The van der Waals surface area contributed by atoms with Gasteiger partial charge in [-0.3, -0.25) is 14.7 Å². The molecule has 0 radical (unpaired) electrons. The van der Waals surface area contributed by atoms with Crippen LogP contribution in [0.15, 0.2) is 29.0 Å². The molecule has 9 heteroatoms. The largest absolute Gasteiger partial charge is 0.305 e. The van der Waals surface area contributed by atoms with Gasteiger partial charge in [0.05, 0.1) is 11.3 Å². The number of hydrogen-bond acceptors (Lipinski definition) is 6. The molecule has 90 valence electrons. The number of hydrogen-bond donors (Lipinski definition) is 0. The molecule has 0 aromatic carbocycles. The Kier molecular flexibility index (Phi) is 2.71. The molecule has 0 saturated carbocycles. The zero-order valence-electron chi connectivity index (χ0n) is 8.60. The van der Waals surface area contributed by atoms with E-state index in [1.165, 1.54) is 23.3 Å². The molecule has 0 amide bonds. The van der Waals surface area contributed by atoms with Gasteiger partial charge in [0.15, 0.2) is 14.8 Å². The monoisotopic (exact) mass is 273 g/mol. The van der Waals surface area contributed by atoms with Gasteiger partial charge in [-0.25, -0.2) is 13.4 Å². The molecule has 0 N–H and O–H groups in total. The van der Waals surface area contributed by atoms with Crippen molar-refractivity contribution in [3.8, 4) is 5.00 Å². The van der Waals surface area contributed by atoms with Crippen molar-refractivity contribution in [1.29, 1.82) is 0 Å². The van der Waals surface area contributed by atoms with Crippen molar-refractivity contribution in [3.05, 3.63) is 34.9 Å². The normalized spacial score (nSPS) is 11.6. The van der Waals surface area contributed by atoms with Crippen molar-refractivity contribution in [2.45, 2.75) is 4.21 Å². The van der Waals surface area contributed by atoms with E-state index in [0.29, 0.717) is 0 Å². The molecule has 0 spiro atoms. The Morgan fingerprint density at radius 2 is 2.24 bits per heavy atom. The lowest BCUT2D eigenvalue weighted by atomic mass is 10.5. The van der Waals surface area contributed by atoms with E-state index in [-0.39, 0.29) is 14.9 Å². The Morgan fingerprint density at radius 1 is 1.53 bits per heavy atom. The second-order valence-corrected chi connectivity index (χ2v) is 6.53. The molecule has 2 aromatic rings. The zero-order chi connectivity index (χ0) is 12.6. The number of aromatic nitrogens is 2. The Hall–Kier alpha value is -1.74. The van der Waals surface area contributed by atoms with Gasteiger partial charge in [0.1, 0.15) is 4.21 Å². The lowest BCUT2D eigenvalue weighted by Crippen LogP contribution is -1.93. The third-order valence-corrected chi connectivity index (χ3v) is 4.91. The van der Waals surface area contributed by atoms with Crippen LogP contribution >= 0.6 is 11.3 Å². The van der Waals surface area contributed by atoms with Crippen LogP contribution in [0.1, 0.15) is 0 Å². The average molecular weight is 273 g/mol. The standard InChI is InChI=1S/C8H7N3O4S2/c1-17(14,15)7-4-6(11(12)13)8(16-7)10-3-2-9-5-10/h2-5H,1H3. The molecule has 0 aliphatic heterocycles. The minimum absolute atomic E-state index is 0.0344. The SMILES string of the molecule is CS(=O)(=O)c1cc([N+](=O)[O-])c(-n2ccnc2)s1. The lowest BCUT2D eigenvalue weighted by molar-refractivity contribution is -0.384. The van der Waals surface area contributed by atoms with Crippen molar-refractivity contribution < 1.29 is 13.3 Å². The van der Waals surface area contributed by atoms with Gasteiger partial charge < -0.3 is 0 Å². The van der Waals surface area contributed by atoms with Gasteiger partial charge in [0.25, 0.3) is 0 Å². The maximum atomic E-state index is 11.4. The second-order valence-electron chi connectivity index (χ2n) is 3.26. The molecule has 0 saturated heterocycles. The summed E-state index contributed by atoms with van der Waals surface area (Å²) < 4.78 is 24.1. The van der Waals surface area contributed by atoms with Gasteiger partial charge in [0.2, 0.25) is 0 Å². The molecule has 0 atom stereocenters. The summed E-state index contributed by atoms with van der Waals surface area (Å²) in [6, 6.07) is 1.06. The minimum Gasteiger partial charge on any atom is -0.292 e. The highest BCUT2D eigenvalue weighted by molar-refractivity contribution is 7.92. The van der Waals surface area contributed by atoms with Crippen LogP contribution in [0, 0.1) is 10.1 Å². The summed E-state index contributed by atoms with van der Waals surface area (Å²) >= 11 is 0.846. The van der Waals surface area contributed by atoms with Crippen molar-refractivity contribution >= 4 is 26.9 Å². The van der Waals surface area contributed by atoms with E-state index in [4.69, 9.17) is 0 Å². The molecule has 0 fully saturated rings. The van der Waals surface area contributed by atoms with Crippen LogP contribution in [0.2, 0.25) is 0 Å². The highest BCUT2D eigenvalue weighted by Gasteiger charge is 2.24. The number of thiophene rings is 1. The molecule has 0 aliphatic carbocycles. The van der Waals surface area contributed by atoms with Gasteiger partial charge in [-0.15, -0.1) is 0 Å². The van der Waals surface area contributed by atoms with E-state index in [2.05, 4.69) is 4.98 Å². The van der Waals surface area contributed by atoms with E-state index >= 15 is 0 Å². The Balaban J connectivity index is 2.67. The van der Waals surface area contributed by atoms with E-state index in [1.807, 2.05) is 0 Å². The number of sulfone groups is 1. The molecule has 0 aliphatic rings. The highest BCUT2D eigenvalue weighted by Crippen LogP contribution is 2.34. The summed E-state index contributed by atoms with van der Waals surface area (Å²) in [6.07, 6.45) is 5.37. The molecule has 0 bridgehead atoms. The third kappa shape index (κ3) is 2.19. The minimum atomic E-state index is -3.45. The van der Waals surface area contributed by atoms with Crippen molar-refractivity contribution in [3.63, 3.8) is 0 Å². The van der Waals surface area contributed by atoms with Crippen molar-refractivity contribution in [1.82, 2.24) is 9.55 Å². The summed E-state index contributed by atoms with van der Waals surface area (Å²) in [5.41, 5.74) is -0.242. The van der Waals surface area contributed by atoms with Crippen molar-refractivity contribution in [2.75, 3.05) is 6.26 Å². The number of nitro groups is 1. The third-order valence-electron chi connectivity index (χ3n) is 1.97. The highest BCUT2D eigenvalue weighted by atomic mass is 32.2. The fourth-order valence-corrected chi connectivity index (χ4v) is 3.21. The van der Waals surface area contributed by atoms with Crippen LogP contribution in [-0.2, 0) is 9.84 Å². The molecular formula is C8H7N3O4S2. The molecule has 17 heavy (non-hydrogen) atoms. The van der Waals surface area contributed by atoms with E-state index in [1.54, 1.807) is 0 Å². The maximum Gasteiger partial charge on any atom is 0.305 e. The quantitative estimate of drug-likeness (QED) is 0.619. The fraction of sp³-hybridized carbons (Fsp3) is 0.125. The van der Waals surface area contributed by atoms with Gasteiger partial charge in [-0.05, 0) is 0 Å². The van der Waals surface area contributed by atoms with Crippen LogP contribution in [-0.4, -0.2) is 29.1 Å². The second kappa shape index (κ2) is 3.93.